The van der Waals surface area contributed by atoms with Gasteiger partial charge in [0.15, 0.2) is 0 Å². The Hall–Kier alpha value is -2.01. The molecule has 2 N–H and O–H groups in total. The molecule has 0 fully saturated rings. The van der Waals surface area contributed by atoms with Gasteiger partial charge in [-0.1, -0.05) is 35.9 Å². The van der Waals surface area contributed by atoms with E-state index in [4.69, 9.17) is 10.5 Å². The molecular weight excluding hydrogens is 279 g/mol. The van der Waals surface area contributed by atoms with E-state index in [2.05, 4.69) is 0 Å². The summed E-state index contributed by atoms with van der Waals surface area (Å²) >= 11 is 0. The maximum Gasteiger partial charge on any atom is 0.417 e. The number of alkyl halides is 3. The summed E-state index contributed by atoms with van der Waals surface area (Å²) in [5.74, 6) is 0.171. The summed E-state index contributed by atoms with van der Waals surface area (Å²) in [4.78, 5) is 0. The monoisotopic (exact) mass is 295 g/mol. The fourth-order valence-electron chi connectivity index (χ4n) is 2.09. The summed E-state index contributed by atoms with van der Waals surface area (Å²) in [6.45, 7) is 2.28. The van der Waals surface area contributed by atoms with Crippen molar-refractivity contribution in [3.8, 4) is 16.9 Å². The van der Waals surface area contributed by atoms with Gasteiger partial charge in [0.1, 0.15) is 12.4 Å². The van der Waals surface area contributed by atoms with Crippen molar-refractivity contribution in [2.75, 3.05) is 13.2 Å². The number of halogens is 3. The van der Waals surface area contributed by atoms with Crippen molar-refractivity contribution < 1.29 is 17.9 Å². The van der Waals surface area contributed by atoms with Gasteiger partial charge in [0.05, 0.1) is 5.56 Å². The number of aryl methyl sites for hydroxylation is 1. The van der Waals surface area contributed by atoms with E-state index < -0.39 is 11.7 Å². The van der Waals surface area contributed by atoms with Gasteiger partial charge in [-0.25, -0.2) is 0 Å². The highest BCUT2D eigenvalue weighted by atomic mass is 19.4. The Morgan fingerprint density at radius 2 is 1.86 bits per heavy atom. The molecule has 0 spiro atoms. The lowest BCUT2D eigenvalue weighted by molar-refractivity contribution is -0.137. The van der Waals surface area contributed by atoms with Crippen LogP contribution in [0, 0.1) is 6.92 Å². The van der Waals surface area contributed by atoms with Crippen LogP contribution in [-0.4, -0.2) is 13.2 Å². The largest absolute Gasteiger partial charge is 0.492 e. The van der Waals surface area contributed by atoms with Crippen LogP contribution in [0.3, 0.4) is 0 Å². The van der Waals surface area contributed by atoms with Gasteiger partial charge in [0.25, 0.3) is 0 Å². The molecule has 2 nitrogen and oxygen atoms in total. The van der Waals surface area contributed by atoms with E-state index in [1.54, 1.807) is 18.2 Å². The number of benzene rings is 2. The van der Waals surface area contributed by atoms with Gasteiger partial charge in [-0.3, -0.25) is 0 Å². The first-order chi connectivity index (χ1) is 9.91. The van der Waals surface area contributed by atoms with Crippen LogP contribution in [-0.2, 0) is 6.18 Å². The number of nitrogens with two attached hydrogens (primary N) is 1. The molecule has 0 saturated carbocycles. The lowest BCUT2D eigenvalue weighted by Crippen LogP contribution is -2.12. The highest BCUT2D eigenvalue weighted by Gasteiger charge is 2.34. The summed E-state index contributed by atoms with van der Waals surface area (Å²) in [7, 11) is 0. The molecule has 0 heterocycles. The first kappa shape index (κ1) is 15.4. The lowest BCUT2D eigenvalue weighted by atomic mass is 9.97. The second-order valence-electron chi connectivity index (χ2n) is 4.71. The lowest BCUT2D eigenvalue weighted by Gasteiger charge is -2.15. The van der Waals surface area contributed by atoms with Crippen molar-refractivity contribution in [2.45, 2.75) is 13.1 Å². The molecule has 2 aromatic rings. The molecule has 0 amide bonds. The highest BCUT2D eigenvalue weighted by molar-refractivity contribution is 5.69. The Balaban J connectivity index is 2.50. The van der Waals surface area contributed by atoms with Crippen molar-refractivity contribution in [3.05, 3.63) is 53.6 Å². The van der Waals surface area contributed by atoms with Crippen molar-refractivity contribution in [2.24, 2.45) is 5.73 Å². The number of ether oxygens (including phenoxy) is 1. The zero-order valence-electron chi connectivity index (χ0n) is 11.6. The minimum atomic E-state index is -4.44. The van der Waals surface area contributed by atoms with Gasteiger partial charge in [-0.15, -0.1) is 0 Å². The molecule has 0 aliphatic rings. The fraction of sp³-hybridized carbons (Fsp3) is 0.250. The molecule has 0 aromatic heterocycles. The number of hydrogen-bond acceptors (Lipinski definition) is 2. The van der Waals surface area contributed by atoms with Crippen LogP contribution in [0.15, 0.2) is 42.5 Å². The molecule has 0 atom stereocenters. The Labute approximate surface area is 121 Å². The second-order valence-corrected chi connectivity index (χ2v) is 4.71. The van der Waals surface area contributed by atoms with Crippen LogP contribution in [0.2, 0.25) is 0 Å². The zero-order valence-corrected chi connectivity index (χ0v) is 11.6. The van der Waals surface area contributed by atoms with Gasteiger partial charge in [0.2, 0.25) is 0 Å². The molecule has 2 aromatic carbocycles. The summed E-state index contributed by atoms with van der Waals surface area (Å²) in [6, 6.07) is 11.0. The molecule has 0 aliphatic carbocycles. The third-order valence-corrected chi connectivity index (χ3v) is 3.01. The van der Waals surface area contributed by atoms with E-state index >= 15 is 0 Å². The summed E-state index contributed by atoms with van der Waals surface area (Å²) in [5, 5.41) is 0. The summed E-state index contributed by atoms with van der Waals surface area (Å²) in [6.07, 6.45) is -4.44. The standard InChI is InChI=1S/C16H16F3NO/c1-11-3-2-4-12(9-11)14-6-5-13(21-8-7-20)10-15(14)16(17,18)19/h2-6,9-10H,7-8,20H2,1H3. The van der Waals surface area contributed by atoms with Crippen molar-refractivity contribution in [1.29, 1.82) is 0 Å². The van der Waals surface area contributed by atoms with Crippen molar-refractivity contribution in [3.63, 3.8) is 0 Å². The zero-order chi connectivity index (χ0) is 15.5. The van der Waals surface area contributed by atoms with E-state index in [0.29, 0.717) is 5.56 Å². The molecule has 0 radical (unpaired) electrons. The maximum absolute atomic E-state index is 13.3. The van der Waals surface area contributed by atoms with Gasteiger partial charge < -0.3 is 10.5 Å². The third-order valence-electron chi connectivity index (χ3n) is 3.01. The Morgan fingerprint density at radius 3 is 2.48 bits per heavy atom. The molecule has 5 heteroatoms. The SMILES string of the molecule is Cc1cccc(-c2ccc(OCCN)cc2C(F)(F)F)c1. The van der Waals surface area contributed by atoms with E-state index in [9.17, 15) is 13.2 Å². The van der Waals surface area contributed by atoms with Crippen LogP contribution in [0.5, 0.6) is 5.75 Å². The van der Waals surface area contributed by atoms with E-state index in [1.165, 1.54) is 12.1 Å². The summed E-state index contributed by atoms with van der Waals surface area (Å²) < 4.78 is 45.0. The average Bonchev–Trinajstić information content (AvgIpc) is 2.44. The molecule has 0 aliphatic heterocycles. The number of hydrogen-bond donors (Lipinski definition) is 1. The van der Waals surface area contributed by atoms with E-state index in [1.807, 2.05) is 13.0 Å². The summed E-state index contributed by atoms with van der Waals surface area (Å²) in [5.41, 5.74) is 6.17. The smallest absolute Gasteiger partial charge is 0.417 e. The van der Waals surface area contributed by atoms with Gasteiger partial charge in [-0.05, 0) is 30.2 Å². The predicted octanol–water partition coefficient (Wildman–Crippen LogP) is 4.02. The topological polar surface area (TPSA) is 35.2 Å². The van der Waals surface area contributed by atoms with Crippen molar-refractivity contribution in [1.82, 2.24) is 0 Å². The molecular formula is C16H16F3NO. The minimum absolute atomic E-state index is 0.145. The number of rotatable bonds is 4. The quantitative estimate of drug-likeness (QED) is 0.924. The molecule has 21 heavy (non-hydrogen) atoms. The Bertz CT molecular complexity index is 623. The third kappa shape index (κ3) is 3.76. The molecule has 112 valence electrons. The van der Waals surface area contributed by atoms with E-state index in [-0.39, 0.29) is 24.5 Å². The average molecular weight is 295 g/mol. The Morgan fingerprint density at radius 1 is 1.10 bits per heavy atom. The first-order valence-electron chi connectivity index (χ1n) is 6.53. The van der Waals surface area contributed by atoms with Gasteiger partial charge in [-0.2, -0.15) is 13.2 Å². The van der Waals surface area contributed by atoms with Crippen LogP contribution in [0.25, 0.3) is 11.1 Å². The van der Waals surface area contributed by atoms with E-state index in [0.717, 1.165) is 11.6 Å². The molecule has 0 bridgehead atoms. The molecule has 2 rings (SSSR count). The normalized spacial score (nSPS) is 11.5. The first-order valence-corrected chi connectivity index (χ1v) is 6.53. The van der Waals surface area contributed by atoms with Gasteiger partial charge in [0, 0.05) is 6.54 Å². The van der Waals surface area contributed by atoms with Gasteiger partial charge >= 0.3 is 6.18 Å². The van der Waals surface area contributed by atoms with Crippen LogP contribution >= 0.6 is 0 Å². The Kier molecular flexibility index (Phi) is 4.53. The van der Waals surface area contributed by atoms with Crippen LogP contribution in [0.1, 0.15) is 11.1 Å². The van der Waals surface area contributed by atoms with Crippen LogP contribution in [0.4, 0.5) is 13.2 Å². The van der Waals surface area contributed by atoms with Crippen LogP contribution < -0.4 is 10.5 Å². The minimum Gasteiger partial charge on any atom is -0.492 e. The molecule has 0 unspecified atom stereocenters. The van der Waals surface area contributed by atoms with Crippen molar-refractivity contribution >= 4 is 0 Å². The highest BCUT2D eigenvalue weighted by Crippen LogP contribution is 2.39. The predicted molar refractivity (Wildman–Crippen MR) is 76.2 cm³/mol. The maximum atomic E-state index is 13.3. The molecule has 0 saturated heterocycles. The second kappa shape index (κ2) is 6.18. The fourth-order valence-corrected chi connectivity index (χ4v) is 2.09.